The van der Waals surface area contributed by atoms with Crippen LogP contribution < -0.4 is 5.73 Å². The number of hydrogen-bond acceptors (Lipinski definition) is 2. The van der Waals surface area contributed by atoms with Crippen molar-refractivity contribution < 1.29 is 4.74 Å². The van der Waals surface area contributed by atoms with Gasteiger partial charge in [-0.05, 0) is 25.7 Å². The van der Waals surface area contributed by atoms with Gasteiger partial charge in [0, 0.05) is 12.0 Å². The van der Waals surface area contributed by atoms with E-state index >= 15 is 0 Å². The van der Waals surface area contributed by atoms with Crippen molar-refractivity contribution >= 4 is 0 Å². The van der Waals surface area contributed by atoms with Crippen LogP contribution in [-0.4, -0.2) is 18.8 Å². The molecule has 0 aromatic heterocycles. The first-order valence-electron chi connectivity index (χ1n) is 6.16. The summed E-state index contributed by atoms with van der Waals surface area (Å²) in [6.45, 7) is 3.09. The SMILES string of the molecule is CCCCCC1(CN)CC2CCC1O2. The Hall–Kier alpha value is -0.0800. The van der Waals surface area contributed by atoms with E-state index in [1.54, 1.807) is 0 Å². The number of nitrogens with two attached hydrogens (primary N) is 1. The minimum absolute atomic E-state index is 0.359. The van der Waals surface area contributed by atoms with Crippen molar-refractivity contribution in [2.45, 2.75) is 64.1 Å². The van der Waals surface area contributed by atoms with Gasteiger partial charge in [0.1, 0.15) is 0 Å². The van der Waals surface area contributed by atoms with E-state index in [1.807, 2.05) is 0 Å². The van der Waals surface area contributed by atoms with Crippen molar-refractivity contribution in [3.63, 3.8) is 0 Å². The van der Waals surface area contributed by atoms with Crippen molar-refractivity contribution in [2.24, 2.45) is 11.1 Å². The molecule has 0 spiro atoms. The molecule has 0 aromatic carbocycles. The van der Waals surface area contributed by atoms with Gasteiger partial charge in [0.05, 0.1) is 12.2 Å². The largest absolute Gasteiger partial charge is 0.374 e. The van der Waals surface area contributed by atoms with Gasteiger partial charge in [-0.15, -0.1) is 0 Å². The van der Waals surface area contributed by atoms with Crippen molar-refractivity contribution in [1.82, 2.24) is 0 Å². The van der Waals surface area contributed by atoms with Crippen LogP contribution in [0.4, 0.5) is 0 Å². The van der Waals surface area contributed by atoms with Gasteiger partial charge in [-0.3, -0.25) is 0 Å². The Morgan fingerprint density at radius 3 is 2.71 bits per heavy atom. The molecule has 2 heterocycles. The summed E-state index contributed by atoms with van der Waals surface area (Å²) in [4.78, 5) is 0. The third-order valence-electron chi connectivity index (χ3n) is 4.11. The Morgan fingerprint density at radius 1 is 1.36 bits per heavy atom. The van der Waals surface area contributed by atoms with Crippen LogP contribution in [0.15, 0.2) is 0 Å². The molecule has 0 aliphatic carbocycles. The highest BCUT2D eigenvalue weighted by Gasteiger charge is 2.50. The fourth-order valence-corrected chi connectivity index (χ4v) is 3.20. The number of unbranched alkanes of at least 4 members (excludes halogenated alkanes) is 2. The highest BCUT2D eigenvalue weighted by atomic mass is 16.5. The average Bonchev–Trinajstić information content (AvgIpc) is 2.78. The molecule has 0 aromatic rings. The maximum atomic E-state index is 5.96. The molecular formula is C12H23NO. The van der Waals surface area contributed by atoms with Crippen molar-refractivity contribution in [1.29, 1.82) is 0 Å². The van der Waals surface area contributed by atoms with Crippen molar-refractivity contribution in [3.8, 4) is 0 Å². The summed E-state index contributed by atoms with van der Waals surface area (Å²) in [7, 11) is 0. The van der Waals surface area contributed by atoms with Crippen LogP contribution in [0.3, 0.4) is 0 Å². The van der Waals surface area contributed by atoms with Gasteiger partial charge < -0.3 is 10.5 Å². The summed E-state index contributed by atoms with van der Waals surface area (Å²) in [6, 6.07) is 0. The van der Waals surface area contributed by atoms with Gasteiger partial charge in [-0.25, -0.2) is 0 Å². The van der Waals surface area contributed by atoms with Crippen molar-refractivity contribution in [3.05, 3.63) is 0 Å². The molecule has 0 saturated carbocycles. The molecule has 2 saturated heterocycles. The molecule has 2 N–H and O–H groups in total. The van der Waals surface area contributed by atoms with Crippen molar-refractivity contribution in [2.75, 3.05) is 6.54 Å². The number of fused-ring (bicyclic) bond motifs is 2. The zero-order valence-corrected chi connectivity index (χ0v) is 9.30. The number of rotatable bonds is 5. The van der Waals surface area contributed by atoms with E-state index in [0.717, 1.165) is 6.54 Å². The van der Waals surface area contributed by atoms with Crippen LogP contribution in [0, 0.1) is 5.41 Å². The molecule has 82 valence electrons. The fourth-order valence-electron chi connectivity index (χ4n) is 3.20. The van der Waals surface area contributed by atoms with Gasteiger partial charge in [-0.2, -0.15) is 0 Å². The van der Waals surface area contributed by atoms with Gasteiger partial charge in [0.2, 0.25) is 0 Å². The van der Waals surface area contributed by atoms with E-state index in [1.165, 1.54) is 44.9 Å². The first kappa shape index (κ1) is 10.4. The molecule has 3 atom stereocenters. The summed E-state index contributed by atoms with van der Waals surface area (Å²) in [5.41, 5.74) is 6.32. The Bertz CT molecular complexity index is 195. The number of hydrogen-bond donors (Lipinski definition) is 1. The van der Waals surface area contributed by atoms with E-state index in [9.17, 15) is 0 Å². The minimum atomic E-state index is 0.359. The summed E-state index contributed by atoms with van der Waals surface area (Å²) < 4.78 is 5.93. The third-order valence-corrected chi connectivity index (χ3v) is 4.11. The zero-order valence-electron chi connectivity index (χ0n) is 9.30. The van der Waals surface area contributed by atoms with Gasteiger partial charge in [-0.1, -0.05) is 26.2 Å². The number of ether oxygens (including phenoxy) is 1. The average molecular weight is 197 g/mol. The first-order chi connectivity index (χ1) is 6.80. The second-order valence-electron chi connectivity index (χ2n) is 5.05. The molecule has 2 aliphatic rings. The molecule has 0 amide bonds. The predicted molar refractivity (Wildman–Crippen MR) is 58.1 cm³/mol. The second kappa shape index (κ2) is 4.19. The lowest BCUT2D eigenvalue weighted by Crippen LogP contribution is -2.39. The second-order valence-corrected chi connectivity index (χ2v) is 5.05. The molecular weight excluding hydrogens is 174 g/mol. The monoisotopic (exact) mass is 197 g/mol. The predicted octanol–water partition coefficient (Wildman–Crippen LogP) is 2.46. The Labute approximate surface area is 87.2 Å². The maximum Gasteiger partial charge on any atom is 0.0649 e. The van der Waals surface area contributed by atoms with E-state index in [2.05, 4.69) is 6.92 Å². The topological polar surface area (TPSA) is 35.2 Å². The molecule has 2 bridgehead atoms. The summed E-state index contributed by atoms with van der Waals surface area (Å²) in [5.74, 6) is 0. The summed E-state index contributed by atoms with van der Waals surface area (Å²) in [6.07, 6.45) is 10.1. The fraction of sp³-hybridized carbons (Fsp3) is 1.00. The zero-order chi connectivity index (χ0) is 10.0. The molecule has 14 heavy (non-hydrogen) atoms. The lowest BCUT2D eigenvalue weighted by Gasteiger charge is -2.34. The van der Waals surface area contributed by atoms with Crippen LogP contribution >= 0.6 is 0 Å². The van der Waals surface area contributed by atoms with Gasteiger partial charge in [0.15, 0.2) is 0 Å². The molecule has 2 fully saturated rings. The smallest absolute Gasteiger partial charge is 0.0649 e. The van der Waals surface area contributed by atoms with E-state index in [-0.39, 0.29) is 0 Å². The minimum Gasteiger partial charge on any atom is -0.374 e. The third kappa shape index (κ3) is 1.70. The van der Waals surface area contributed by atoms with Gasteiger partial charge in [0.25, 0.3) is 0 Å². The molecule has 2 heteroatoms. The molecule has 2 nitrogen and oxygen atoms in total. The van der Waals surface area contributed by atoms with E-state index in [0.29, 0.717) is 17.6 Å². The van der Waals surface area contributed by atoms with Crippen LogP contribution in [0.25, 0.3) is 0 Å². The molecule has 2 aliphatic heterocycles. The Kier molecular flexibility index (Phi) is 3.13. The molecule has 0 radical (unpaired) electrons. The Balaban J connectivity index is 1.90. The molecule has 2 rings (SSSR count). The Morgan fingerprint density at radius 2 is 2.21 bits per heavy atom. The maximum absolute atomic E-state index is 5.96. The lowest BCUT2D eigenvalue weighted by molar-refractivity contribution is 0.0587. The normalized spacial score (nSPS) is 40.7. The van der Waals surface area contributed by atoms with Crippen LogP contribution in [0.2, 0.25) is 0 Å². The quantitative estimate of drug-likeness (QED) is 0.687. The summed E-state index contributed by atoms with van der Waals surface area (Å²) >= 11 is 0. The first-order valence-corrected chi connectivity index (χ1v) is 6.16. The summed E-state index contributed by atoms with van der Waals surface area (Å²) in [5, 5.41) is 0. The standard InChI is InChI=1S/C12H23NO/c1-2-3-4-7-12(9-13)8-10-5-6-11(12)14-10/h10-11H,2-9,13H2,1H3. The van der Waals surface area contributed by atoms with Crippen LogP contribution in [0.5, 0.6) is 0 Å². The van der Waals surface area contributed by atoms with Gasteiger partial charge >= 0.3 is 0 Å². The van der Waals surface area contributed by atoms with Crippen LogP contribution in [-0.2, 0) is 4.74 Å². The highest BCUT2D eigenvalue weighted by molar-refractivity contribution is 5.00. The lowest BCUT2D eigenvalue weighted by atomic mass is 9.71. The van der Waals surface area contributed by atoms with E-state index < -0.39 is 0 Å². The van der Waals surface area contributed by atoms with E-state index in [4.69, 9.17) is 10.5 Å². The highest BCUT2D eigenvalue weighted by Crippen LogP contribution is 2.49. The molecule has 3 unspecified atom stereocenters. The van der Waals surface area contributed by atoms with Crippen LogP contribution in [0.1, 0.15) is 51.9 Å².